The van der Waals surface area contributed by atoms with Crippen LogP contribution in [0.15, 0.2) is 16.3 Å². The molecule has 1 fully saturated rings. The number of hydrogen-bond donors (Lipinski definition) is 0. The van der Waals surface area contributed by atoms with Gasteiger partial charge in [-0.15, -0.1) is 11.3 Å². The Hall–Kier alpha value is -0.430. The Balaban J connectivity index is 2.26. The molecule has 2 rings (SSSR count). The monoisotopic (exact) mass is 247 g/mol. The van der Waals surface area contributed by atoms with Gasteiger partial charge in [0.05, 0.1) is 0 Å². The Morgan fingerprint density at radius 1 is 1.47 bits per heavy atom. The van der Waals surface area contributed by atoms with Crippen LogP contribution in [0.2, 0.25) is 0 Å². The first-order valence-electron chi connectivity index (χ1n) is 4.75. The summed E-state index contributed by atoms with van der Waals surface area (Å²) >= 11 is 1.30. The summed E-state index contributed by atoms with van der Waals surface area (Å²) < 4.78 is 31.1. The van der Waals surface area contributed by atoms with E-state index in [4.69, 9.17) is 4.74 Å². The van der Waals surface area contributed by atoms with Crippen LogP contribution in [0, 0.1) is 6.92 Å². The van der Waals surface area contributed by atoms with Crippen molar-refractivity contribution in [2.24, 2.45) is 0 Å². The van der Waals surface area contributed by atoms with E-state index in [2.05, 4.69) is 0 Å². The van der Waals surface area contributed by atoms with Gasteiger partial charge in [-0.3, -0.25) is 0 Å². The van der Waals surface area contributed by atoms with Crippen LogP contribution >= 0.6 is 11.3 Å². The second kappa shape index (κ2) is 4.21. The van der Waals surface area contributed by atoms with Gasteiger partial charge in [0.1, 0.15) is 10.9 Å². The van der Waals surface area contributed by atoms with E-state index in [1.807, 2.05) is 13.0 Å². The number of nitrogens with zero attached hydrogens (tertiary/aromatic N) is 1. The first kappa shape index (κ1) is 11.1. The zero-order valence-electron chi connectivity index (χ0n) is 8.47. The van der Waals surface area contributed by atoms with Crippen molar-refractivity contribution in [3.63, 3.8) is 0 Å². The van der Waals surface area contributed by atoms with Crippen molar-refractivity contribution >= 4 is 21.4 Å². The lowest BCUT2D eigenvalue weighted by atomic mass is 10.4. The van der Waals surface area contributed by atoms with Crippen molar-refractivity contribution in [3.8, 4) is 0 Å². The van der Waals surface area contributed by atoms with Gasteiger partial charge in [0, 0.05) is 18.0 Å². The highest BCUT2D eigenvalue weighted by Crippen LogP contribution is 2.25. The van der Waals surface area contributed by atoms with E-state index >= 15 is 0 Å². The molecule has 0 aromatic carbocycles. The van der Waals surface area contributed by atoms with E-state index in [1.165, 1.54) is 15.6 Å². The smallest absolute Gasteiger partial charge is 0.254 e. The van der Waals surface area contributed by atoms with Gasteiger partial charge in [0.2, 0.25) is 0 Å². The van der Waals surface area contributed by atoms with Gasteiger partial charge in [-0.25, -0.2) is 8.42 Å². The standard InChI is InChI=1S/C9H13NO3S2/c1-8-3-4-9(14-8)15(11,12)10-5-2-6-13-7-10/h3-4H,2,5-7H2,1H3. The summed E-state index contributed by atoms with van der Waals surface area (Å²) in [6, 6.07) is 3.48. The summed E-state index contributed by atoms with van der Waals surface area (Å²) in [5.74, 6) is 0. The van der Waals surface area contributed by atoms with Crippen LogP contribution in [0.4, 0.5) is 0 Å². The summed E-state index contributed by atoms with van der Waals surface area (Å²) in [4.78, 5) is 1.01. The molecule has 4 nitrogen and oxygen atoms in total. The Kier molecular flexibility index (Phi) is 3.11. The van der Waals surface area contributed by atoms with E-state index in [9.17, 15) is 8.42 Å². The second-order valence-electron chi connectivity index (χ2n) is 3.44. The normalized spacial score (nSPS) is 19.3. The Labute approximate surface area is 93.5 Å². The fourth-order valence-electron chi connectivity index (χ4n) is 1.44. The van der Waals surface area contributed by atoms with Crippen molar-refractivity contribution in [1.82, 2.24) is 4.31 Å². The van der Waals surface area contributed by atoms with Crippen molar-refractivity contribution in [1.29, 1.82) is 0 Å². The Morgan fingerprint density at radius 2 is 2.27 bits per heavy atom. The lowest BCUT2D eigenvalue weighted by molar-refractivity contribution is 0.0314. The Bertz CT molecular complexity index is 432. The van der Waals surface area contributed by atoms with Gasteiger partial charge in [0.15, 0.2) is 0 Å². The van der Waals surface area contributed by atoms with Crippen LogP contribution in [0.3, 0.4) is 0 Å². The van der Waals surface area contributed by atoms with Crippen molar-refractivity contribution < 1.29 is 13.2 Å². The molecule has 0 atom stereocenters. The van der Waals surface area contributed by atoms with Gasteiger partial charge in [-0.1, -0.05) is 0 Å². The number of sulfonamides is 1. The highest BCUT2D eigenvalue weighted by molar-refractivity contribution is 7.91. The summed E-state index contributed by atoms with van der Waals surface area (Å²) in [6.07, 6.45) is 0.767. The summed E-state index contributed by atoms with van der Waals surface area (Å²) in [5, 5.41) is 0. The molecule has 0 unspecified atom stereocenters. The van der Waals surface area contributed by atoms with Crippen LogP contribution < -0.4 is 0 Å². The third kappa shape index (κ3) is 2.23. The maximum atomic E-state index is 12.1. The molecule has 0 spiro atoms. The van der Waals surface area contributed by atoms with E-state index in [-0.39, 0.29) is 6.73 Å². The van der Waals surface area contributed by atoms with E-state index < -0.39 is 10.0 Å². The minimum Gasteiger partial charge on any atom is -0.365 e. The average molecular weight is 247 g/mol. The third-order valence-corrected chi connectivity index (χ3v) is 5.53. The number of rotatable bonds is 2. The second-order valence-corrected chi connectivity index (χ2v) is 6.89. The molecule has 0 aliphatic carbocycles. The lowest BCUT2D eigenvalue weighted by Crippen LogP contribution is -2.37. The molecule has 2 heterocycles. The van der Waals surface area contributed by atoms with Gasteiger partial charge >= 0.3 is 0 Å². The topological polar surface area (TPSA) is 46.6 Å². The van der Waals surface area contributed by atoms with E-state index in [1.54, 1.807) is 6.07 Å². The van der Waals surface area contributed by atoms with Crippen LogP contribution in [0.5, 0.6) is 0 Å². The number of hydrogen-bond acceptors (Lipinski definition) is 4. The number of ether oxygens (including phenoxy) is 1. The van der Waals surface area contributed by atoms with Gasteiger partial charge < -0.3 is 4.74 Å². The minimum atomic E-state index is -3.31. The molecule has 1 aromatic rings. The van der Waals surface area contributed by atoms with Crippen LogP contribution in [0.1, 0.15) is 11.3 Å². The SMILES string of the molecule is Cc1ccc(S(=O)(=O)N2CCCOC2)s1. The molecule has 0 amide bonds. The highest BCUT2D eigenvalue weighted by Gasteiger charge is 2.27. The fourth-order valence-corrected chi connectivity index (χ4v) is 4.24. The van der Waals surface area contributed by atoms with Crippen LogP contribution in [0.25, 0.3) is 0 Å². The maximum absolute atomic E-state index is 12.1. The summed E-state index contributed by atoms with van der Waals surface area (Å²) in [7, 11) is -3.31. The van der Waals surface area contributed by atoms with Crippen molar-refractivity contribution in [2.75, 3.05) is 19.9 Å². The molecule has 1 aromatic heterocycles. The molecular weight excluding hydrogens is 234 g/mol. The quantitative estimate of drug-likeness (QED) is 0.794. The third-order valence-electron chi connectivity index (χ3n) is 2.24. The van der Waals surface area contributed by atoms with Crippen LogP contribution in [-0.2, 0) is 14.8 Å². The molecule has 1 aliphatic rings. The van der Waals surface area contributed by atoms with Crippen molar-refractivity contribution in [3.05, 3.63) is 17.0 Å². The zero-order valence-corrected chi connectivity index (χ0v) is 10.1. The number of thiophene rings is 1. The van der Waals surface area contributed by atoms with Gasteiger partial charge in [-0.2, -0.15) is 4.31 Å². The minimum absolute atomic E-state index is 0.180. The first-order valence-corrected chi connectivity index (χ1v) is 7.01. The lowest BCUT2D eigenvalue weighted by Gasteiger charge is -2.25. The molecule has 15 heavy (non-hydrogen) atoms. The summed E-state index contributed by atoms with van der Waals surface area (Å²) in [5.41, 5.74) is 0. The molecule has 1 saturated heterocycles. The predicted octanol–water partition coefficient (Wildman–Crippen LogP) is 1.43. The molecular formula is C9H13NO3S2. The fraction of sp³-hybridized carbons (Fsp3) is 0.556. The highest BCUT2D eigenvalue weighted by atomic mass is 32.2. The largest absolute Gasteiger partial charge is 0.365 e. The number of aryl methyl sites for hydroxylation is 1. The average Bonchev–Trinajstić information content (AvgIpc) is 2.67. The maximum Gasteiger partial charge on any atom is 0.254 e. The first-order chi connectivity index (χ1) is 7.10. The molecule has 0 bridgehead atoms. The van der Waals surface area contributed by atoms with E-state index in [0.29, 0.717) is 17.4 Å². The van der Waals surface area contributed by atoms with Crippen LogP contribution in [-0.4, -0.2) is 32.6 Å². The van der Waals surface area contributed by atoms with Gasteiger partial charge in [0.25, 0.3) is 10.0 Å². The van der Waals surface area contributed by atoms with Gasteiger partial charge in [-0.05, 0) is 25.5 Å². The molecule has 6 heteroatoms. The predicted molar refractivity (Wildman–Crippen MR) is 58.4 cm³/mol. The molecule has 1 aliphatic heterocycles. The molecule has 0 radical (unpaired) electrons. The Morgan fingerprint density at radius 3 is 2.80 bits per heavy atom. The zero-order chi connectivity index (χ0) is 10.9. The molecule has 84 valence electrons. The molecule has 0 N–H and O–H groups in total. The summed E-state index contributed by atoms with van der Waals surface area (Å²) in [6.45, 7) is 3.28. The van der Waals surface area contributed by atoms with Crippen molar-refractivity contribution in [2.45, 2.75) is 17.6 Å². The van der Waals surface area contributed by atoms with E-state index in [0.717, 1.165) is 11.3 Å². The molecule has 0 saturated carbocycles.